The molecule has 0 aliphatic rings. The van der Waals surface area contributed by atoms with Crippen LogP contribution in [0.1, 0.15) is 15.9 Å². The van der Waals surface area contributed by atoms with Crippen LogP contribution in [0.5, 0.6) is 0 Å². The number of hydrogen-bond acceptors (Lipinski definition) is 2. The first-order valence-corrected chi connectivity index (χ1v) is 9.25. The molecular formula is C9H9Cl3LiMgO2. The summed E-state index contributed by atoms with van der Waals surface area (Å²) in [6.45, 7) is 1.85. The van der Waals surface area contributed by atoms with Crippen molar-refractivity contribution in [1.29, 1.82) is 0 Å². The molecule has 0 unspecified atom stereocenters. The van der Waals surface area contributed by atoms with Crippen LogP contribution in [0.15, 0.2) is 18.2 Å². The molecule has 1 rings (SSSR count). The number of halogens is 3. The molecule has 0 aliphatic carbocycles. The second kappa shape index (κ2) is 14.0. The second-order valence-corrected chi connectivity index (χ2v) is 4.96. The number of aryl methyl sites for hydroxylation is 1. The molecule has 0 N–H and O–H groups in total. The van der Waals surface area contributed by atoms with Gasteiger partial charge in [-0.2, -0.15) is 0 Å². The first-order chi connectivity index (χ1) is 7.67. The predicted octanol–water partition coefficient (Wildman–Crippen LogP) is 2.89. The average Bonchev–Trinajstić information content (AvgIpc) is 2.32. The number of rotatable bonds is 1. The number of esters is 1. The molecule has 0 saturated carbocycles. The van der Waals surface area contributed by atoms with Gasteiger partial charge in [0, 0.05) is 0 Å². The third kappa shape index (κ3) is 9.01. The van der Waals surface area contributed by atoms with Gasteiger partial charge in [0.2, 0.25) is 0 Å². The van der Waals surface area contributed by atoms with Crippen molar-refractivity contribution in [2.75, 3.05) is 7.11 Å². The summed E-state index contributed by atoms with van der Waals surface area (Å²) in [5.41, 5.74) is 1.49. The molecule has 81 valence electrons. The first kappa shape index (κ1) is 19.3. The molecule has 0 aliphatic heterocycles. The molecule has 0 fully saturated rings. The second-order valence-electron chi connectivity index (χ2n) is 2.33. The molecular weight excluding hydrogens is 278 g/mol. The number of methoxy groups -OCH3 is 1. The predicted molar refractivity (Wildman–Crippen MR) is 70.4 cm³/mol. The van der Waals surface area contributed by atoms with Gasteiger partial charge in [-0.15, -0.1) is 0 Å². The van der Waals surface area contributed by atoms with Crippen molar-refractivity contribution in [2.24, 2.45) is 0 Å². The van der Waals surface area contributed by atoms with E-state index >= 15 is 0 Å². The van der Waals surface area contributed by atoms with Crippen LogP contribution < -0.4 is 0 Å². The fraction of sp³-hybridized carbons (Fsp3) is 0.222. The number of benzene rings is 1. The maximum atomic E-state index is 11.0. The Hall–Kier alpha value is 0.924. The summed E-state index contributed by atoms with van der Waals surface area (Å²) >= 11 is 0.833. The number of ether oxygens (including phenoxy) is 1. The van der Waals surface area contributed by atoms with E-state index in [2.05, 4.69) is 20.6 Å². The fourth-order valence-corrected chi connectivity index (χ4v) is 0.853. The van der Waals surface area contributed by atoms with E-state index in [1.807, 2.05) is 6.92 Å². The molecule has 16 heavy (non-hydrogen) atoms. The number of carbonyl (C=O) groups is 1. The van der Waals surface area contributed by atoms with Crippen molar-refractivity contribution in [3.63, 3.8) is 0 Å². The fourth-order valence-electron chi connectivity index (χ4n) is 0.853. The Morgan fingerprint density at radius 2 is 2.00 bits per heavy atom. The van der Waals surface area contributed by atoms with Crippen LogP contribution in [0.25, 0.3) is 0 Å². The summed E-state index contributed by atoms with van der Waals surface area (Å²) in [5.74, 6) is -0.295. The van der Waals surface area contributed by atoms with Crippen LogP contribution in [0.2, 0.25) is 0 Å². The van der Waals surface area contributed by atoms with Crippen molar-refractivity contribution in [3.05, 3.63) is 35.4 Å². The van der Waals surface area contributed by atoms with Crippen molar-refractivity contribution in [2.45, 2.75) is 6.92 Å². The number of carbonyl (C=O) groups excluding carboxylic acids is 1. The molecule has 0 spiro atoms. The van der Waals surface area contributed by atoms with Gasteiger partial charge in [0.1, 0.15) is 0 Å². The van der Waals surface area contributed by atoms with Gasteiger partial charge in [-0.3, -0.25) is 0 Å². The standard InChI is InChI=1S/C9H9O2.3ClH.Li.Mg/c1-7-5-3-4-6-8(7)9(10)11-2;;;;;/h4-6H,1-2H3;3*1H;;/q;;;;+1;+2/p-3. The monoisotopic (exact) mass is 285 g/mol. The van der Waals surface area contributed by atoms with Crippen LogP contribution >= 0.6 is 27.9 Å². The normalized spacial score (nSPS) is 7.44. The van der Waals surface area contributed by atoms with Gasteiger partial charge in [0.25, 0.3) is 0 Å². The molecule has 0 heterocycles. The molecule has 7 heteroatoms. The van der Waals surface area contributed by atoms with Gasteiger partial charge >= 0.3 is 50.7 Å². The molecule has 1 aromatic carbocycles. The summed E-state index contributed by atoms with van der Waals surface area (Å²) in [4.78, 5) is 11.0. The maximum absolute atomic E-state index is 11.0. The average molecular weight is 287 g/mol. The molecule has 0 saturated heterocycles. The Labute approximate surface area is 127 Å². The SMILES string of the molecule is COC(=O)c1cc[c]cc1C.[Cl][Mg][Cl].[Li][Cl]. The van der Waals surface area contributed by atoms with E-state index in [0.29, 0.717) is 5.56 Å². The molecule has 0 atom stereocenters. The van der Waals surface area contributed by atoms with Gasteiger partial charge in [-0.1, -0.05) is 12.1 Å². The van der Waals surface area contributed by atoms with E-state index in [4.69, 9.17) is 18.1 Å². The van der Waals surface area contributed by atoms with Crippen LogP contribution in [0, 0.1) is 13.0 Å². The Bertz CT molecular complexity index is 300. The van der Waals surface area contributed by atoms with Crippen molar-refractivity contribution in [1.82, 2.24) is 0 Å². The van der Waals surface area contributed by atoms with Crippen LogP contribution in [-0.4, -0.2) is 48.0 Å². The minimum atomic E-state index is -0.639. The zero-order chi connectivity index (χ0) is 13.0. The van der Waals surface area contributed by atoms with E-state index in [0.717, 1.165) is 5.56 Å². The summed E-state index contributed by atoms with van der Waals surface area (Å²) in [6.07, 6.45) is 0. The minimum absolute atomic E-state index is 0.295. The molecule has 0 aromatic heterocycles. The molecule has 0 bridgehead atoms. The topological polar surface area (TPSA) is 26.3 Å². The van der Waals surface area contributed by atoms with E-state index < -0.39 is 18.2 Å². The Morgan fingerprint density at radius 1 is 1.50 bits per heavy atom. The summed E-state index contributed by atoms with van der Waals surface area (Å²) < 4.78 is 4.56. The molecule has 1 radical (unpaired) electrons. The van der Waals surface area contributed by atoms with Crippen LogP contribution in [0.4, 0.5) is 0 Å². The quantitative estimate of drug-likeness (QED) is 0.586. The van der Waals surface area contributed by atoms with Gasteiger partial charge < -0.3 is 22.9 Å². The first-order valence-electron chi connectivity index (χ1n) is 4.22. The number of hydrogen-bond donors (Lipinski definition) is 0. The third-order valence-electron chi connectivity index (χ3n) is 1.48. The van der Waals surface area contributed by atoms with Crippen molar-refractivity contribution in [3.8, 4) is 0 Å². The van der Waals surface area contributed by atoms with E-state index in [1.165, 1.54) is 23.9 Å². The Kier molecular flexibility index (Phi) is 16.8. The summed E-state index contributed by atoms with van der Waals surface area (Å²) in [6, 6.07) is 8.02. The van der Waals surface area contributed by atoms with E-state index in [9.17, 15) is 4.79 Å². The summed E-state index contributed by atoms with van der Waals surface area (Å²) in [5, 5.41) is 0. The zero-order valence-corrected chi connectivity index (χ0v) is 13.1. The molecule has 1 aromatic rings. The summed E-state index contributed by atoms with van der Waals surface area (Å²) in [7, 11) is 15.8. The van der Waals surface area contributed by atoms with Crippen LogP contribution in [0.3, 0.4) is 0 Å². The van der Waals surface area contributed by atoms with Gasteiger partial charge in [0.05, 0.1) is 12.7 Å². The van der Waals surface area contributed by atoms with Gasteiger partial charge in [-0.05, 0) is 24.6 Å². The van der Waals surface area contributed by atoms with Gasteiger partial charge in [-0.25, -0.2) is 4.79 Å². The third-order valence-corrected chi connectivity index (χ3v) is 1.48. The van der Waals surface area contributed by atoms with Crippen molar-refractivity contribution >= 4 is 68.8 Å². The van der Waals surface area contributed by atoms with Gasteiger partial charge in [0.15, 0.2) is 0 Å². The van der Waals surface area contributed by atoms with Crippen LogP contribution in [-0.2, 0) is 4.74 Å². The molecule has 2 nitrogen and oxygen atoms in total. The van der Waals surface area contributed by atoms with Crippen molar-refractivity contribution < 1.29 is 9.53 Å². The zero-order valence-electron chi connectivity index (χ0n) is 9.39. The Balaban J connectivity index is 0. The molecule has 0 amide bonds. The Morgan fingerprint density at radius 3 is 2.38 bits per heavy atom. The van der Waals surface area contributed by atoms with E-state index in [1.54, 1.807) is 18.2 Å². The van der Waals surface area contributed by atoms with E-state index in [-0.39, 0.29) is 5.97 Å².